The van der Waals surface area contributed by atoms with Gasteiger partial charge in [0.2, 0.25) is 0 Å². The van der Waals surface area contributed by atoms with E-state index in [1.165, 1.54) is 6.07 Å². The van der Waals surface area contributed by atoms with Crippen molar-refractivity contribution in [3.8, 4) is 5.75 Å². The van der Waals surface area contributed by atoms with E-state index in [9.17, 15) is 8.78 Å². The number of rotatable bonds is 4. The van der Waals surface area contributed by atoms with Gasteiger partial charge in [0.15, 0.2) is 0 Å². The van der Waals surface area contributed by atoms with E-state index < -0.39 is 6.61 Å². The van der Waals surface area contributed by atoms with Crippen molar-refractivity contribution in [2.24, 2.45) is 0 Å². The fourth-order valence-corrected chi connectivity index (χ4v) is 2.23. The third kappa shape index (κ3) is 2.59. The Hall–Kier alpha value is -1.91. The van der Waals surface area contributed by atoms with Gasteiger partial charge in [-0.3, -0.25) is 4.98 Å². The van der Waals surface area contributed by atoms with Crippen LogP contribution < -0.4 is 10.1 Å². The molecule has 1 aromatic heterocycles. The lowest BCUT2D eigenvalue weighted by Crippen LogP contribution is -2.03. The molecule has 3 nitrogen and oxygen atoms in total. The van der Waals surface area contributed by atoms with Crippen molar-refractivity contribution in [2.45, 2.75) is 26.9 Å². The third-order valence-corrected chi connectivity index (χ3v) is 3.11. The van der Waals surface area contributed by atoms with Crippen molar-refractivity contribution in [3.63, 3.8) is 0 Å². The molecule has 0 radical (unpaired) electrons. The first-order valence-electron chi connectivity index (χ1n) is 6.12. The first-order chi connectivity index (χ1) is 9.06. The van der Waals surface area contributed by atoms with Crippen molar-refractivity contribution in [1.82, 2.24) is 4.98 Å². The lowest BCUT2D eigenvalue weighted by Gasteiger charge is -2.14. The zero-order chi connectivity index (χ0) is 14.0. The van der Waals surface area contributed by atoms with E-state index >= 15 is 0 Å². The number of ether oxygens (including phenoxy) is 1. The van der Waals surface area contributed by atoms with E-state index in [0.29, 0.717) is 0 Å². The molecule has 2 aromatic rings. The standard InChI is InChI=1S/C14H16F2N2O/c1-4-11-8(2)13(17-3)10-7-9(19-14(15)16)5-6-12(10)18-11/h5-7,14H,4H2,1-3H3,(H,17,18). The third-order valence-electron chi connectivity index (χ3n) is 3.11. The first kappa shape index (κ1) is 13.5. The van der Waals surface area contributed by atoms with Gasteiger partial charge < -0.3 is 10.1 Å². The summed E-state index contributed by atoms with van der Waals surface area (Å²) in [5, 5.41) is 3.90. The highest BCUT2D eigenvalue weighted by Gasteiger charge is 2.12. The normalized spacial score (nSPS) is 11.1. The van der Waals surface area contributed by atoms with Crippen LogP contribution in [0.2, 0.25) is 0 Å². The van der Waals surface area contributed by atoms with Crippen molar-refractivity contribution < 1.29 is 13.5 Å². The van der Waals surface area contributed by atoms with Crippen molar-refractivity contribution in [1.29, 1.82) is 0 Å². The van der Waals surface area contributed by atoms with Gasteiger partial charge in [-0.1, -0.05) is 6.92 Å². The van der Waals surface area contributed by atoms with Crippen LogP contribution in [0.15, 0.2) is 18.2 Å². The Labute approximate surface area is 110 Å². The highest BCUT2D eigenvalue weighted by atomic mass is 19.3. The summed E-state index contributed by atoms with van der Waals surface area (Å²) >= 11 is 0. The summed E-state index contributed by atoms with van der Waals surface area (Å²) in [5.74, 6) is 0.143. The molecule has 102 valence electrons. The van der Waals surface area contributed by atoms with E-state index in [2.05, 4.69) is 15.0 Å². The Kier molecular flexibility index (Phi) is 3.83. The second-order valence-corrected chi connectivity index (χ2v) is 4.22. The number of anilines is 1. The van der Waals surface area contributed by atoms with Gasteiger partial charge in [-0.05, 0) is 37.1 Å². The summed E-state index contributed by atoms with van der Waals surface area (Å²) in [6.45, 7) is 1.19. The van der Waals surface area contributed by atoms with Gasteiger partial charge in [-0.2, -0.15) is 8.78 Å². The van der Waals surface area contributed by atoms with E-state index in [1.54, 1.807) is 12.1 Å². The zero-order valence-electron chi connectivity index (χ0n) is 11.1. The average molecular weight is 266 g/mol. The maximum Gasteiger partial charge on any atom is 0.387 e. The molecule has 19 heavy (non-hydrogen) atoms. The van der Waals surface area contributed by atoms with Gasteiger partial charge in [-0.25, -0.2) is 0 Å². The quantitative estimate of drug-likeness (QED) is 0.915. The SMILES string of the molecule is CCc1nc2ccc(OC(F)F)cc2c(NC)c1C. The molecule has 0 aliphatic rings. The number of aromatic nitrogens is 1. The monoisotopic (exact) mass is 266 g/mol. The maximum atomic E-state index is 12.2. The van der Waals surface area contributed by atoms with Crippen molar-refractivity contribution >= 4 is 16.6 Å². The Bertz CT molecular complexity index is 600. The van der Waals surface area contributed by atoms with Crippen LogP contribution in [0.1, 0.15) is 18.2 Å². The highest BCUT2D eigenvalue weighted by molar-refractivity contribution is 5.94. The second kappa shape index (κ2) is 5.38. The van der Waals surface area contributed by atoms with E-state index in [4.69, 9.17) is 0 Å². The molecule has 1 aromatic carbocycles. The van der Waals surface area contributed by atoms with Crippen LogP contribution in [0.5, 0.6) is 5.75 Å². The predicted octanol–water partition coefficient (Wildman–Crippen LogP) is 3.75. The maximum absolute atomic E-state index is 12.2. The number of pyridine rings is 1. The van der Waals surface area contributed by atoms with Gasteiger partial charge in [0.25, 0.3) is 0 Å². The van der Waals surface area contributed by atoms with E-state index in [-0.39, 0.29) is 5.75 Å². The smallest absolute Gasteiger partial charge is 0.387 e. The number of benzene rings is 1. The molecular formula is C14H16F2N2O. The number of nitrogens with one attached hydrogen (secondary N) is 1. The molecule has 1 N–H and O–H groups in total. The van der Waals surface area contributed by atoms with Crippen LogP contribution in [0.3, 0.4) is 0 Å². The number of fused-ring (bicyclic) bond motifs is 1. The summed E-state index contributed by atoms with van der Waals surface area (Å²) in [4.78, 5) is 4.54. The summed E-state index contributed by atoms with van der Waals surface area (Å²) < 4.78 is 28.9. The summed E-state index contributed by atoms with van der Waals surface area (Å²) in [7, 11) is 1.81. The van der Waals surface area contributed by atoms with Gasteiger partial charge in [-0.15, -0.1) is 0 Å². The molecule has 0 aliphatic heterocycles. The van der Waals surface area contributed by atoms with Gasteiger partial charge >= 0.3 is 6.61 Å². The number of hydrogen-bond donors (Lipinski definition) is 1. The largest absolute Gasteiger partial charge is 0.435 e. The molecule has 0 unspecified atom stereocenters. The molecule has 0 saturated heterocycles. The molecule has 0 spiro atoms. The van der Waals surface area contributed by atoms with Crippen molar-refractivity contribution in [2.75, 3.05) is 12.4 Å². The number of aryl methyl sites for hydroxylation is 1. The Balaban J connectivity index is 2.63. The Morgan fingerprint density at radius 1 is 1.37 bits per heavy atom. The average Bonchev–Trinajstić information content (AvgIpc) is 2.37. The molecule has 1 heterocycles. The molecule has 0 saturated carbocycles. The molecular weight excluding hydrogens is 250 g/mol. The molecule has 2 rings (SSSR count). The van der Waals surface area contributed by atoms with Crippen LogP contribution in [0.4, 0.5) is 14.5 Å². The summed E-state index contributed by atoms with van der Waals surface area (Å²) in [6.07, 6.45) is 0.825. The molecule has 0 amide bonds. The lowest BCUT2D eigenvalue weighted by atomic mass is 10.1. The molecule has 0 fully saturated rings. The van der Waals surface area contributed by atoms with Gasteiger partial charge in [0.1, 0.15) is 5.75 Å². The van der Waals surface area contributed by atoms with Crippen LogP contribution in [0.25, 0.3) is 10.9 Å². The number of nitrogens with zero attached hydrogens (tertiary/aromatic N) is 1. The fourth-order valence-electron chi connectivity index (χ4n) is 2.23. The van der Waals surface area contributed by atoms with Gasteiger partial charge in [0.05, 0.1) is 5.52 Å². The van der Waals surface area contributed by atoms with E-state index in [0.717, 1.165) is 34.3 Å². The summed E-state index contributed by atoms with van der Waals surface area (Å²) in [6, 6.07) is 4.80. The number of halogens is 2. The zero-order valence-corrected chi connectivity index (χ0v) is 11.1. The lowest BCUT2D eigenvalue weighted by molar-refractivity contribution is -0.0497. The van der Waals surface area contributed by atoms with Crippen LogP contribution in [-0.4, -0.2) is 18.6 Å². The Morgan fingerprint density at radius 3 is 2.68 bits per heavy atom. The van der Waals surface area contributed by atoms with Crippen molar-refractivity contribution in [3.05, 3.63) is 29.5 Å². The topological polar surface area (TPSA) is 34.1 Å². The van der Waals surface area contributed by atoms with Crippen LogP contribution in [-0.2, 0) is 6.42 Å². The molecule has 5 heteroatoms. The number of hydrogen-bond acceptors (Lipinski definition) is 3. The summed E-state index contributed by atoms with van der Waals surface area (Å²) in [5.41, 5.74) is 3.71. The predicted molar refractivity (Wildman–Crippen MR) is 72.0 cm³/mol. The Morgan fingerprint density at radius 2 is 2.11 bits per heavy atom. The number of alkyl halides is 2. The second-order valence-electron chi connectivity index (χ2n) is 4.22. The van der Waals surface area contributed by atoms with Crippen LogP contribution >= 0.6 is 0 Å². The molecule has 0 atom stereocenters. The van der Waals surface area contributed by atoms with Gasteiger partial charge in [0, 0.05) is 23.8 Å². The molecule has 0 bridgehead atoms. The van der Waals surface area contributed by atoms with E-state index in [1.807, 2.05) is 20.9 Å². The van der Waals surface area contributed by atoms with Crippen LogP contribution in [0, 0.1) is 6.92 Å². The minimum Gasteiger partial charge on any atom is -0.435 e. The minimum atomic E-state index is -2.82. The fraction of sp³-hybridized carbons (Fsp3) is 0.357. The minimum absolute atomic E-state index is 0.143. The molecule has 0 aliphatic carbocycles. The first-order valence-corrected chi connectivity index (χ1v) is 6.12. The highest BCUT2D eigenvalue weighted by Crippen LogP contribution is 2.31.